The van der Waals surface area contributed by atoms with E-state index in [1.54, 1.807) is 0 Å². The van der Waals surface area contributed by atoms with Crippen molar-refractivity contribution >= 4 is 5.97 Å². The molecule has 0 aromatic heterocycles. The van der Waals surface area contributed by atoms with E-state index in [9.17, 15) is 4.79 Å². The van der Waals surface area contributed by atoms with Gasteiger partial charge in [0, 0.05) is 19.7 Å². The van der Waals surface area contributed by atoms with Crippen molar-refractivity contribution in [3.05, 3.63) is 0 Å². The highest BCUT2D eigenvalue weighted by atomic mass is 16.5. The van der Waals surface area contributed by atoms with Gasteiger partial charge in [0.25, 0.3) is 0 Å². The molecule has 1 saturated heterocycles. The zero-order chi connectivity index (χ0) is 12.5. The molecule has 1 rings (SSSR count). The first-order valence-corrected chi connectivity index (χ1v) is 6.67. The lowest BCUT2D eigenvalue weighted by Gasteiger charge is -2.24. The molecule has 0 bridgehead atoms. The van der Waals surface area contributed by atoms with Gasteiger partial charge in [0.2, 0.25) is 0 Å². The number of methoxy groups -OCH3 is 1. The molecule has 1 unspecified atom stereocenters. The number of hydrogen-bond donors (Lipinski definition) is 0. The van der Waals surface area contributed by atoms with Crippen molar-refractivity contribution in [2.24, 2.45) is 0 Å². The molecule has 1 aliphatic heterocycles. The number of nitrogens with zero attached hydrogens (tertiary/aromatic N) is 1. The summed E-state index contributed by atoms with van der Waals surface area (Å²) in [6.45, 7) is 5.87. The van der Waals surface area contributed by atoms with Gasteiger partial charge in [-0.1, -0.05) is 13.3 Å². The molecule has 0 N–H and O–H groups in total. The number of carbonyl (C=O) groups is 1. The summed E-state index contributed by atoms with van der Waals surface area (Å²) in [5.41, 5.74) is 0. The molecule has 0 radical (unpaired) electrons. The Kier molecular flexibility index (Phi) is 7.21. The van der Waals surface area contributed by atoms with Gasteiger partial charge in [0.1, 0.15) is 0 Å². The number of ether oxygens (including phenoxy) is 2. The molecule has 0 amide bonds. The van der Waals surface area contributed by atoms with Crippen molar-refractivity contribution in [2.45, 2.75) is 45.1 Å². The predicted octanol–water partition coefficient (Wildman–Crippen LogP) is 1.83. The molecule has 17 heavy (non-hydrogen) atoms. The first-order chi connectivity index (χ1) is 8.26. The summed E-state index contributed by atoms with van der Waals surface area (Å²) in [6, 6.07) is 0. The van der Waals surface area contributed by atoms with Gasteiger partial charge < -0.3 is 14.4 Å². The molecule has 0 spiro atoms. The molecule has 1 aliphatic rings. The molecule has 100 valence electrons. The first-order valence-electron chi connectivity index (χ1n) is 6.67. The normalized spacial score (nSPS) is 19.8. The van der Waals surface area contributed by atoms with Gasteiger partial charge in [-0.05, 0) is 25.8 Å². The first kappa shape index (κ1) is 14.5. The Bertz CT molecular complexity index is 215. The SMILES string of the molecule is CCCCN(CCC(=O)OC)CC1CCCO1. The van der Waals surface area contributed by atoms with E-state index in [-0.39, 0.29) is 5.97 Å². The summed E-state index contributed by atoms with van der Waals surface area (Å²) < 4.78 is 10.3. The molecule has 1 heterocycles. The third kappa shape index (κ3) is 6.03. The second-order valence-electron chi connectivity index (χ2n) is 4.62. The minimum absolute atomic E-state index is 0.126. The van der Waals surface area contributed by atoms with Crippen LogP contribution in [0.1, 0.15) is 39.0 Å². The average Bonchev–Trinajstić information content (AvgIpc) is 2.84. The zero-order valence-corrected chi connectivity index (χ0v) is 11.1. The van der Waals surface area contributed by atoms with Gasteiger partial charge in [-0.2, -0.15) is 0 Å². The number of unbranched alkanes of at least 4 members (excludes halogenated alkanes) is 1. The van der Waals surface area contributed by atoms with Crippen LogP contribution >= 0.6 is 0 Å². The Morgan fingerprint density at radius 3 is 2.88 bits per heavy atom. The van der Waals surface area contributed by atoms with E-state index in [2.05, 4.69) is 16.6 Å². The van der Waals surface area contributed by atoms with E-state index in [0.29, 0.717) is 12.5 Å². The molecule has 0 saturated carbocycles. The zero-order valence-electron chi connectivity index (χ0n) is 11.1. The molecule has 4 nitrogen and oxygen atoms in total. The third-order valence-corrected chi connectivity index (χ3v) is 3.17. The van der Waals surface area contributed by atoms with Crippen LogP contribution in [0.2, 0.25) is 0 Å². The average molecular weight is 243 g/mol. The second kappa shape index (κ2) is 8.48. The van der Waals surface area contributed by atoms with Crippen LogP contribution in [-0.2, 0) is 14.3 Å². The molecule has 1 fully saturated rings. The van der Waals surface area contributed by atoms with Crippen LogP contribution in [0.15, 0.2) is 0 Å². The number of carbonyl (C=O) groups excluding carboxylic acids is 1. The van der Waals surface area contributed by atoms with Crippen molar-refractivity contribution in [1.29, 1.82) is 0 Å². The van der Waals surface area contributed by atoms with Crippen molar-refractivity contribution < 1.29 is 14.3 Å². The Morgan fingerprint density at radius 2 is 2.29 bits per heavy atom. The predicted molar refractivity (Wildman–Crippen MR) is 67.0 cm³/mol. The molecule has 0 aromatic carbocycles. The summed E-state index contributed by atoms with van der Waals surface area (Å²) in [4.78, 5) is 13.5. The summed E-state index contributed by atoms with van der Waals surface area (Å²) in [5, 5.41) is 0. The van der Waals surface area contributed by atoms with Crippen molar-refractivity contribution in [1.82, 2.24) is 4.90 Å². The maximum Gasteiger partial charge on any atom is 0.306 e. The number of hydrogen-bond acceptors (Lipinski definition) is 4. The van der Waals surface area contributed by atoms with Crippen LogP contribution in [0.25, 0.3) is 0 Å². The fourth-order valence-corrected chi connectivity index (χ4v) is 2.10. The third-order valence-electron chi connectivity index (χ3n) is 3.17. The maximum absolute atomic E-state index is 11.1. The standard InChI is InChI=1S/C13H25NO3/c1-3-4-8-14(9-7-13(15)16-2)11-12-6-5-10-17-12/h12H,3-11H2,1-2H3. The number of esters is 1. The van der Waals surface area contributed by atoms with E-state index in [4.69, 9.17) is 4.74 Å². The van der Waals surface area contributed by atoms with Gasteiger partial charge in [-0.25, -0.2) is 0 Å². The van der Waals surface area contributed by atoms with Crippen LogP contribution in [0, 0.1) is 0 Å². The number of rotatable bonds is 8. The van der Waals surface area contributed by atoms with Gasteiger partial charge in [-0.3, -0.25) is 4.79 Å². The maximum atomic E-state index is 11.1. The minimum atomic E-state index is -0.126. The molecular formula is C13H25NO3. The second-order valence-corrected chi connectivity index (χ2v) is 4.62. The monoisotopic (exact) mass is 243 g/mol. The van der Waals surface area contributed by atoms with E-state index in [1.165, 1.54) is 26.4 Å². The Morgan fingerprint density at radius 1 is 1.47 bits per heavy atom. The van der Waals surface area contributed by atoms with Crippen LogP contribution in [-0.4, -0.2) is 50.3 Å². The van der Waals surface area contributed by atoms with E-state index in [0.717, 1.165) is 32.7 Å². The molecule has 4 heteroatoms. The van der Waals surface area contributed by atoms with Crippen LogP contribution < -0.4 is 0 Å². The Hall–Kier alpha value is -0.610. The fraction of sp³-hybridized carbons (Fsp3) is 0.923. The van der Waals surface area contributed by atoms with E-state index < -0.39 is 0 Å². The highest BCUT2D eigenvalue weighted by Crippen LogP contribution is 2.14. The lowest BCUT2D eigenvalue weighted by molar-refractivity contribution is -0.141. The summed E-state index contributed by atoms with van der Waals surface area (Å²) in [5.74, 6) is -0.126. The van der Waals surface area contributed by atoms with Crippen molar-refractivity contribution in [3.8, 4) is 0 Å². The van der Waals surface area contributed by atoms with Crippen LogP contribution in [0.4, 0.5) is 0 Å². The van der Waals surface area contributed by atoms with Gasteiger partial charge >= 0.3 is 5.97 Å². The fourth-order valence-electron chi connectivity index (χ4n) is 2.10. The van der Waals surface area contributed by atoms with Gasteiger partial charge in [-0.15, -0.1) is 0 Å². The Balaban J connectivity index is 2.27. The minimum Gasteiger partial charge on any atom is -0.469 e. The van der Waals surface area contributed by atoms with Crippen molar-refractivity contribution in [2.75, 3.05) is 33.4 Å². The van der Waals surface area contributed by atoms with Crippen LogP contribution in [0.3, 0.4) is 0 Å². The molecular weight excluding hydrogens is 218 g/mol. The van der Waals surface area contributed by atoms with Crippen LogP contribution in [0.5, 0.6) is 0 Å². The lowest BCUT2D eigenvalue weighted by Crippen LogP contribution is -2.34. The van der Waals surface area contributed by atoms with E-state index >= 15 is 0 Å². The lowest BCUT2D eigenvalue weighted by atomic mass is 10.2. The smallest absolute Gasteiger partial charge is 0.306 e. The highest BCUT2D eigenvalue weighted by molar-refractivity contribution is 5.69. The van der Waals surface area contributed by atoms with E-state index in [1.807, 2.05) is 0 Å². The Labute approximate surface area is 104 Å². The summed E-state index contributed by atoms with van der Waals surface area (Å²) in [7, 11) is 1.44. The highest BCUT2D eigenvalue weighted by Gasteiger charge is 2.19. The van der Waals surface area contributed by atoms with Gasteiger partial charge in [0.05, 0.1) is 19.6 Å². The quantitative estimate of drug-likeness (QED) is 0.610. The summed E-state index contributed by atoms with van der Waals surface area (Å²) >= 11 is 0. The van der Waals surface area contributed by atoms with Gasteiger partial charge in [0.15, 0.2) is 0 Å². The molecule has 0 aromatic rings. The topological polar surface area (TPSA) is 38.8 Å². The molecule has 1 atom stereocenters. The summed E-state index contributed by atoms with van der Waals surface area (Å²) in [6.07, 6.45) is 5.52. The largest absolute Gasteiger partial charge is 0.469 e. The molecule has 0 aliphatic carbocycles. The van der Waals surface area contributed by atoms with Crippen molar-refractivity contribution in [3.63, 3.8) is 0 Å².